The fourth-order valence-corrected chi connectivity index (χ4v) is 5.37. The number of hydrogen-bond acceptors (Lipinski definition) is 6. The average Bonchev–Trinajstić information content (AvgIpc) is 3.27. The van der Waals surface area contributed by atoms with E-state index in [9.17, 15) is 13.2 Å². The van der Waals surface area contributed by atoms with Crippen molar-refractivity contribution in [1.82, 2.24) is 24.7 Å². The fraction of sp³-hybridized carbons (Fsp3) is 0.562. The van der Waals surface area contributed by atoms with Gasteiger partial charge in [-0.2, -0.15) is 10.2 Å². The van der Waals surface area contributed by atoms with Crippen LogP contribution in [0.5, 0.6) is 0 Å². The van der Waals surface area contributed by atoms with Gasteiger partial charge < -0.3 is 4.74 Å². The zero-order valence-electron chi connectivity index (χ0n) is 14.7. The van der Waals surface area contributed by atoms with E-state index in [1.807, 2.05) is 0 Å². The van der Waals surface area contributed by atoms with Gasteiger partial charge in [0.15, 0.2) is 0 Å². The molecule has 2 aromatic rings. The molecule has 0 saturated carbocycles. The van der Waals surface area contributed by atoms with E-state index >= 15 is 0 Å². The Morgan fingerprint density at radius 2 is 2.12 bits per heavy atom. The zero-order chi connectivity index (χ0) is 18.5. The van der Waals surface area contributed by atoms with E-state index in [-0.39, 0.29) is 23.7 Å². The van der Waals surface area contributed by atoms with Crippen LogP contribution in [0.3, 0.4) is 0 Å². The molecule has 0 amide bonds. The van der Waals surface area contributed by atoms with Crippen LogP contribution in [0.25, 0.3) is 0 Å². The Kier molecular flexibility index (Phi) is 4.20. The number of H-pyrrole nitrogens is 1. The van der Waals surface area contributed by atoms with E-state index < -0.39 is 22.1 Å². The van der Waals surface area contributed by atoms with Crippen LogP contribution in [-0.2, 0) is 27.6 Å². The van der Waals surface area contributed by atoms with Crippen molar-refractivity contribution in [3.05, 3.63) is 39.1 Å². The minimum Gasteiger partial charge on any atom is -0.377 e. The highest BCUT2D eigenvalue weighted by molar-refractivity contribution is 7.89. The molecule has 4 rings (SSSR count). The fourth-order valence-electron chi connectivity index (χ4n) is 3.74. The van der Waals surface area contributed by atoms with Gasteiger partial charge in [0.25, 0.3) is 5.56 Å². The maximum Gasteiger partial charge on any atom is 0.267 e. The Morgan fingerprint density at radius 1 is 1.31 bits per heavy atom. The number of sulfonamides is 1. The molecule has 2 N–H and O–H groups in total. The Bertz CT molecular complexity index is 991. The summed E-state index contributed by atoms with van der Waals surface area (Å²) in [4.78, 5) is 12.6. The van der Waals surface area contributed by atoms with Crippen molar-refractivity contribution in [2.75, 3.05) is 13.2 Å². The molecule has 1 aliphatic carbocycles. The van der Waals surface area contributed by atoms with Gasteiger partial charge in [0, 0.05) is 6.07 Å². The van der Waals surface area contributed by atoms with Gasteiger partial charge in [0.1, 0.15) is 4.90 Å². The van der Waals surface area contributed by atoms with E-state index in [1.54, 1.807) is 19.9 Å². The summed E-state index contributed by atoms with van der Waals surface area (Å²) in [6, 6.07) is 0.567. The van der Waals surface area contributed by atoms with Crippen LogP contribution >= 0.6 is 0 Å². The molecule has 3 heterocycles. The molecule has 0 spiro atoms. The predicted molar refractivity (Wildman–Crippen MR) is 92.5 cm³/mol. The summed E-state index contributed by atoms with van der Waals surface area (Å²) in [5.41, 5.74) is 2.56. The maximum absolute atomic E-state index is 12.8. The quantitative estimate of drug-likeness (QED) is 0.771. The number of nitrogens with one attached hydrogen (secondary N) is 2. The zero-order valence-corrected chi connectivity index (χ0v) is 15.5. The van der Waals surface area contributed by atoms with E-state index in [1.165, 1.54) is 4.68 Å². The summed E-state index contributed by atoms with van der Waals surface area (Å²) in [7, 11) is -3.79. The van der Waals surface area contributed by atoms with Gasteiger partial charge in [-0.25, -0.2) is 17.8 Å². The second kappa shape index (κ2) is 6.29. The Labute approximate surface area is 150 Å². The number of rotatable bonds is 4. The number of ether oxygens (including phenoxy) is 1. The van der Waals surface area contributed by atoms with Crippen LogP contribution in [0.1, 0.15) is 35.1 Å². The van der Waals surface area contributed by atoms with Crippen molar-refractivity contribution in [1.29, 1.82) is 0 Å². The van der Waals surface area contributed by atoms with Gasteiger partial charge in [0.2, 0.25) is 10.0 Å². The molecule has 10 heteroatoms. The second-order valence-corrected chi connectivity index (χ2v) is 8.50. The Morgan fingerprint density at radius 3 is 2.85 bits per heavy atom. The third-order valence-corrected chi connectivity index (χ3v) is 6.73. The normalized spacial score (nSPS) is 22.7. The molecule has 9 nitrogen and oxygen atoms in total. The SMILES string of the molecule is Cc1n[nH]c(C)c1S(=O)(=O)NC1COCC1n1nc2c(cc1=O)CCC2. The number of aromatic nitrogens is 4. The molecule has 140 valence electrons. The van der Waals surface area contributed by atoms with E-state index in [2.05, 4.69) is 20.0 Å². The molecule has 2 unspecified atom stereocenters. The van der Waals surface area contributed by atoms with E-state index in [4.69, 9.17) is 4.74 Å². The van der Waals surface area contributed by atoms with Crippen LogP contribution in [0.2, 0.25) is 0 Å². The van der Waals surface area contributed by atoms with Gasteiger partial charge >= 0.3 is 0 Å². The number of nitrogens with zero attached hydrogens (tertiary/aromatic N) is 3. The minimum absolute atomic E-state index is 0.136. The van der Waals surface area contributed by atoms with E-state index in [0.29, 0.717) is 11.4 Å². The van der Waals surface area contributed by atoms with Gasteiger partial charge in [0.05, 0.1) is 42.4 Å². The van der Waals surface area contributed by atoms with Crippen LogP contribution in [0.15, 0.2) is 15.8 Å². The highest BCUT2D eigenvalue weighted by Gasteiger charge is 2.36. The monoisotopic (exact) mass is 379 g/mol. The maximum atomic E-state index is 12.8. The van der Waals surface area contributed by atoms with Gasteiger partial charge in [-0.15, -0.1) is 0 Å². The molecule has 1 fully saturated rings. The van der Waals surface area contributed by atoms with Gasteiger partial charge in [-0.05, 0) is 38.7 Å². The van der Waals surface area contributed by atoms with Crippen LogP contribution < -0.4 is 10.3 Å². The van der Waals surface area contributed by atoms with Crippen molar-refractivity contribution in [3.63, 3.8) is 0 Å². The lowest BCUT2D eigenvalue weighted by atomic mass is 10.2. The van der Waals surface area contributed by atoms with Crippen LogP contribution in [0.4, 0.5) is 0 Å². The third kappa shape index (κ3) is 2.87. The first-order valence-electron chi connectivity index (χ1n) is 8.60. The summed E-state index contributed by atoms with van der Waals surface area (Å²) >= 11 is 0. The first-order valence-corrected chi connectivity index (χ1v) is 10.1. The van der Waals surface area contributed by atoms with Crippen molar-refractivity contribution >= 4 is 10.0 Å². The first kappa shape index (κ1) is 17.4. The van der Waals surface area contributed by atoms with Crippen molar-refractivity contribution < 1.29 is 13.2 Å². The predicted octanol–water partition coefficient (Wildman–Crippen LogP) is -0.00966. The highest BCUT2D eigenvalue weighted by Crippen LogP contribution is 2.24. The molecule has 2 atom stereocenters. The number of aromatic amines is 1. The van der Waals surface area contributed by atoms with Crippen LogP contribution in [0, 0.1) is 13.8 Å². The topological polar surface area (TPSA) is 119 Å². The lowest BCUT2D eigenvalue weighted by Crippen LogP contribution is -2.44. The number of aryl methyl sites for hydroxylation is 4. The Hall–Kier alpha value is -2.04. The second-order valence-electron chi connectivity index (χ2n) is 6.85. The van der Waals surface area contributed by atoms with Gasteiger partial charge in [-0.1, -0.05) is 0 Å². The molecule has 1 aliphatic heterocycles. The summed E-state index contributed by atoms with van der Waals surface area (Å²) in [6.45, 7) is 3.71. The molecule has 0 aromatic carbocycles. The summed E-state index contributed by atoms with van der Waals surface area (Å²) in [5, 5.41) is 11.1. The molecule has 2 aromatic heterocycles. The smallest absolute Gasteiger partial charge is 0.267 e. The average molecular weight is 379 g/mol. The van der Waals surface area contributed by atoms with Crippen molar-refractivity contribution in [2.24, 2.45) is 0 Å². The molecule has 0 radical (unpaired) electrons. The van der Waals surface area contributed by atoms with Crippen molar-refractivity contribution in [3.8, 4) is 0 Å². The lowest BCUT2D eigenvalue weighted by molar-refractivity contribution is 0.181. The molecule has 0 bridgehead atoms. The summed E-state index contributed by atoms with van der Waals surface area (Å²) < 4.78 is 35.1. The van der Waals surface area contributed by atoms with E-state index in [0.717, 1.165) is 30.5 Å². The number of hydrogen-bond donors (Lipinski definition) is 2. The molecule has 26 heavy (non-hydrogen) atoms. The Balaban J connectivity index is 1.65. The standard InChI is InChI=1S/C16H21N5O4S/c1-9-16(10(2)18-17-9)26(23,24)20-13-7-25-8-14(13)21-15(22)6-11-4-3-5-12(11)19-21/h6,13-14,20H,3-5,7-8H2,1-2H3,(H,17,18). The minimum atomic E-state index is -3.79. The summed E-state index contributed by atoms with van der Waals surface area (Å²) in [6.07, 6.45) is 2.70. The molecule has 2 aliphatic rings. The third-order valence-electron chi connectivity index (χ3n) is 4.98. The summed E-state index contributed by atoms with van der Waals surface area (Å²) in [5.74, 6) is 0. The largest absolute Gasteiger partial charge is 0.377 e. The molecular weight excluding hydrogens is 358 g/mol. The molecule has 1 saturated heterocycles. The van der Waals surface area contributed by atoms with Gasteiger partial charge in [-0.3, -0.25) is 9.89 Å². The number of fused-ring (bicyclic) bond motifs is 1. The van der Waals surface area contributed by atoms with Crippen molar-refractivity contribution in [2.45, 2.75) is 50.1 Å². The first-order chi connectivity index (χ1) is 12.4. The van der Waals surface area contributed by atoms with Crippen LogP contribution in [-0.4, -0.2) is 47.7 Å². The lowest BCUT2D eigenvalue weighted by Gasteiger charge is -2.21. The highest BCUT2D eigenvalue weighted by atomic mass is 32.2. The molecular formula is C16H21N5O4S.